The average molecular weight is 285 g/mol. The van der Waals surface area contributed by atoms with E-state index < -0.39 is 0 Å². The molecule has 108 valence electrons. The van der Waals surface area contributed by atoms with Gasteiger partial charge in [-0.05, 0) is 20.3 Å². The highest BCUT2D eigenvalue weighted by atomic mass is 32.1. The number of hydrazine groups is 1. The standard InChI is InChI=1S/C12H23N5OS/c1-5-10-6-14-11(19-10)9(3)16-12(17-13)15-8(2)7-18-4/h6,8-9H,5,7,13H2,1-4H3,(H2,15,16,17). The summed E-state index contributed by atoms with van der Waals surface area (Å²) in [6.07, 6.45) is 2.90. The van der Waals surface area contributed by atoms with Crippen molar-refractivity contribution in [1.29, 1.82) is 0 Å². The number of hydrogen-bond acceptors (Lipinski definition) is 5. The van der Waals surface area contributed by atoms with Crippen molar-refractivity contribution >= 4 is 17.3 Å². The number of nitrogens with two attached hydrogens (primary N) is 1. The summed E-state index contributed by atoms with van der Waals surface area (Å²) >= 11 is 1.68. The molecule has 19 heavy (non-hydrogen) atoms. The van der Waals surface area contributed by atoms with Gasteiger partial charge in [0.1, 0.15) is 11.0 Å². The maximum Gasteiger partial charge on any atom is 0.206 e. The molecule has 1 heterocycles. The number of rotatable bonds is 6. The number of hydrogen-bond donors (Lipinski definition) is 3. The van der Waals surface area contributed by atoms with E-state index in [1.54, 1.807) is 18.4 Å². The number of methoxy groups -OCH3 is 1. The molecule has 0 radical (unpaired) electrons. The molecule has 1 aromatic rings. The number of thiazole rings is 1. The van der Waals surface area contributed by atoms with E-state index in [0.717, 1.165) is 11.4 Å². The van der Waals surface area contributed by atoms with Crippen molar-refractivity contribution in [3.8, 4) is 0 Å². The molecule has 0 spiro atoms. The van der Waals surface area contributed by atoms with E-state index in [-0.39, 0.29) is 12.1 Å². The second-order valence-electron chi connectivity index (χ2n) is 4.32. The van der Waals surface area contributed by atoms with Gasteiger partial charge in [0.25, 0.3) is 0 Å². The van der Waals surface area contributed by atoms with E-state index in [1.807, 2.05) is 20.0 Å². The van der Waals surface area contributed by atoms with Gasteiger partial charge in [0.2, 0.25) is 5.96 Å². The summed E-state index contributed by atoms with van der Waals surface area (Å²) < 4.78 is 5.06. The van der Waals surface area contributed by atoms with Gasteiger partial charge in [-0.3, -0.25) is 5.43 Å². The third-order valence-electron chi connectivity index (χ3n) is 2.54. The highest BCUT2D eigenvalue weighted by Gasteiger charge is 2.11. The van der Waals surface area contributed by atoms with Gasteiger partial charge in [-0.2, -0.15) is 0 Å². The third kappa shape index (κ3) is 5.14. The smallest absolute Gasteiger partial charge is 0.206 e. The zero-order chi connectivity index (χ0) is 14.3. The predicted molar refractivity (Wildman–Crippen MR) is 79.1 cm³/mol. The van der Waals surface area contributed by atoms with Crippen LogP contribution in [-0.4, -0.2) is 30.7 Å². The lowest BCUT2D eigenvalue weighted by Gasteiger charge is -2.16. The van der Waals surface area contributed by atoms with E-state index in [0.29, 0.717) is 12.6 Å². The average Bonchev–Trinajstić information content (AvgIpc) is 2.87. The Labute approximate surface area is 118 Å². The van der Waals surface area contributed by atoms with Gasteiger partial charge in [-0.15, -0.1) is 11.3 Å². The molecule has 1 aromatic heterocycles. The molecule has 0 fully saturated rings. The number of ether oxygens (including phenoxy) is 1. The van der Waals surface area contributed by atoms with Crippen LogP contribution in [0.1, 0.15) is 36.7 Å². The van der Waals surface area contributed by atoms with Gasteiger partial charge >= 0.3 is 0 Å². The molecular formula is C12H23N5OS. The number of guanidine groups is 1. The summed E-state index contributed by atoms with van der Waals surface area (Å²) in [7, 11) is 1.66. The summed E-state index contributed by atoms with van der Waals surface area (Å²) in [4.78, 5) is 10.1. The summed E-state index contributed by atoms with van der Waals surface area (Å²) in [6, 6.07) is 0.105. The van der Waals surface area contributed by atoms with E-state index in [2.05, 4.69) is 27.6 Å². The summed E-state index contributed by atoms with van der Waals surface area (Å²) in [6.45, 7) is 6.70. The zero-order valence-electron chi connectivity index (χ0n) is 11.9. The molecule has 0 amide bonds. The molecule has 0 bridgehead atoms. The normalized spacial score (nSPS) is 15.1. The van der Waals surface area contributed by atoms with Crippen LogP contribution in [0.15, 0.2) is 11.2 Å². The summed E-state index contributed by atoms with van der Waals surface area (Å²) in [5.74, 6) is 6.02. The molecule has 4 N–H and O–H groups in total. The minimum atomic E-state index is -0.0291. The molecule has 1 rings (SSSR count). The molecule has 0 saturated carbocycles. The quantitative estimate of drug-likeness (QED) is 0.317. The fourth-order valence-corrected chi connectivity index (χ4v) is 2.42. The van der Waals surface area contributed by atoms with Gasteiger partial charge in [0, 0.05) is 24.2 Å². The Kier molecular flexibility index (Phi) is 6.75. The van der Waals surface area contributed by atoms with Crippen LogP contribution in [-0.2, 0) is 11.2 Å². The lowest BCUT2D eigenvalue weighted by Crippen LogP contribution is -2.47. The molecule has 0 saturated heterocycles. The van der Waals surface area contributed by atoms with Crippen LogP contribution in [0.25, 0.3) is 0 Å². The molecule has 2 unspecified atom stereocenters. The van der Waals surface area contributed by atoms with Crippen LogP contribution in [0, 0.1) is 0 Å². The Morgan fingerprint density at radius 1 is 1.58 bits per heavy atom. The van der Waals surface area contributed by atoms with Crippen molar-refractivity contribution in [2.75, 3.05) is 13.7 Å². The minimum Gasteiger partial charge on any atom is -0.383 e. The first-order valence-electron chi connectivity index (χ1n) is 6.35. The first-order chi connectivity index (χ1) is 9.10. The van der Waals surface area contributed by atoms with E-state index >= 15 is 0 Å². The first-order valence-corrected chi connectivity index (χ1v) is 7.16. The van der Waals surface area contributed by atoms with Crippen LogP contribution in [0.4, 0.5) is 0 Å². The van der Waals surface area contributed by atoms with Gasteiger partial charge in [0.05, 0.1) is 6.61 Å². The fourth-order valence-electron chi connectivity index (χ4n) is 1.57. The van der Waals surface area contributed by atoms with Gasteiger partial charge in [-0.1, -0.05) is 6.92 Å². The molecule has 7 heteroatoms. The Bertz CT molecular complexity index is 407. The topological polar surface area (TPSA) is 84.6 Å². The molecule has 0 aliphatic heterocycles. The maximum absolute atomic E-state index is 5.47. The number of nitrogens with zero attached hydrogens (tertiary/aromatic N) is 2. The van der Waals surface area contributed by atoms with Gasteiger partial charge in [-0.25, -0.2) is 15.8 Å². The highest BCUT2D eigenvalue weighted by molar-refractivity contribution is 7.11. The SMILES string of the molecule is CCc1cnc(C(C)N=C(NN)NC(C)COC)s1. The van der Waals surface area contributed by atoms with Crippen molar-refractivity contribution in [3.63, 3.8) is 0 Å². The van der Waals surface area contributed by atoms with Crippen molar-refractivity contribution in [3.05, 3.63) is 16.1 Å². The molecule has 6 nitrogen and oxygen atoms in total. The fraction of sp³-hybridized carbons (Fsp3) is 0.667. The maximum atomic E-state index is 5.47. The second kappa shape index (κ2) is 8.08. The lowest BCUT2D eigenvalue weighted by atomic mass is 10.3. The number of aryl methyl sites for hydroxylation is 1. The van der Waals surface area contributed by atoms with Crippen molar-refractivity contribution in [1.82, 2.24) is 15.7 Å². The summed E-state index contributed by atoms with van der Waals surface area (Å²) in [5.41, 5.74) is 2.57. The third-order valence-corrected chi connectivity index (χ3v) is 3.85. The van der Waals surface area contributed by atoms with Crippen molar-refractivity contribution in [2.24, 2.45) is 10.8 Å². The van der Waals surface area contributed by atoms with Gasteiger partial charge in [0.15, 0.2) is 0 Å². The molecule has 0 aliphatic carbocycles. The van der Waals surface area contributed by atoms with Crippen molar-refractivity contribution in [2.45, 2.75) is 39.3 Å². The van der Waals surface area contributed by atoms with Gasteiger partial charge < -0.3 is 10.1 Å². The van der Waals surface area contributed by atoms with Crippen LogP contribution in [0.2, 0.25) is 0 Å². The number of aromatic nitrogens is 1. The zero-order valence-corrected chi connectivity index (χ0v) is 12.8. The number of aliphatic imine (C=N–C) groups is 1. The Hall–Kier alpha value is -1.18. The van der Waals surface area contributed by atoms with Crippen LogP contribution < -0.4 is 16.6 Å². The number of nitrogens with one attached hydrogen (secondary N) is 2. The molecule has 2 atom stereocenters. The molecule has 0 aromatic carbocycles. The first kappa shape index (κ1) is 15.9. The largest absolute Gasteiger partial charge is 0.383 e. The predicted octanol–water partition coefficient (Wildman–Crippen LogP) is 1.21. The second-order valence-corrected chi connectivity index (χ2v) is 5.46. The Balaban J connectivity index is 2.68. The molecule has 0 aliphatic rings. The van der Waals surface area contributed by atoms with E-state index in [1.165, 1.54) is 4.88 Å². The van der Waals surface area contributed by atoms with Crippen molar-refractivity contribution < 1.29 is 4.74 Å². The molecular weight excluding hydrogens is 262 g/mol. The Morgan fingerprint density at radius 3 is 2.84 bits per heavy atom. The minimum absolute atomic E-state index is 0.0291. The lowest BCUT2D eigenvalue weighted by molar-refractivity contribution is 0.179. The Morgan fingerprint density at radius 2 is 2.32 bits per heavy atom. The summed E-state index contributed by atoms with van der Waals surface area (Å²) in [5, 5.41) is 4.15. The van der Waals surface area contributed by atoms with Crippen LogP contribution >= 0.6 is 11.3 Å². The monoisotopic (exact) mass is 285 g/mol. The highest BCUT2D eigenvalue weighted by Crippen LogP contribution is 2.22. The van der Waals surface area contributed by atoms with E-state index in [4.69, 9.17) is 10.6 Å². The van der Waals surface area contributed by atoms with Crippen LogP contribution in [0.5, 0.6) is 0 Å². The van der Waals surface area contributed by atoms with E-state index in [9.17, 15) is 0 Å². The van der Waals surface area contributed by atoms with Crippen LogP contribution in [0.3, 0.4) is 0 Å².